The Bertz CT molecular complexity index is 835. The minimum atomic E-state index is -1.15. The van der Waals surface area contributed by atoms with Crippen molar-refractivity contribution in [3.05, 3.63) is 71.2 Å². The van der Waals surface area contributed by atoms with Crippen molar-refractivity contribution in [3.63, 3.8) is 0 Å². The third-order valence-electron chi connectivity index (χ3n) is 3.40. The second kappa shape index (κ2) is 6.26. The summed E-state index contributed by atoms with van der Waals surface area (Å²) in [6, 6.07) is 11.3. The molecule has 1 heterocycles. The quantitative estimate of drug-likeness (QED) is 0.715. The van der Waals surface area contributed by atoms with Crippen LogP contribution in [0.3, 0.4) is 0 Å². The van der Waals surface area contributed by atoms with Crippen molar-refractivity contribution in [3.8, 4) is 11.1 Å². The van der Waals surface area contributed by atoms with Gasteiger partial charge in [0.2, 0.25) is 0 Å². The first-order chi connectivity index (χ1) is 11.1. The molecule has 0 aliphatic rings. The maximum absolute atomic E-state index is 14.4. The number of carbonyl (C=O) groups is 1. The van der Waals surface area contributed by atoms with Crippen molar-refractivity contribution in [1.29, 1.82) is 0 Å². The zero-order valence-corrected chi connectivity index (χ0v) is 13.0. The van der Waals surface area contributed by atoms with Crippen LogP contribution in [0.4, 0.5) is 13.9 Å². The van der Waals surface area contributed by atoms with E-state index >= 15 is 0 Å². The zero-order valence-electron chi connectivity index (χ0n) is 12.2. The molecule has 0 bridgehead atoms. The van der Waals surface area contributed by atoms with Crippen LogP contribution in [0.1, 0.15) is 10.4 Å². The van der Waals surface area contributed by atoms with Gasteiger partial charge in [-0.2, -0.15) is 0 Å². The van der Waals surface area contributed by atoms with E-state index in [1.54, 1.807) is 35.8 Å². The van der Waals surface area contributed by atoms with Gasteiger partial charge in [-0.25, -0.2) is 13.8 Å². The van der Waals surface area contributed by atoms with Crippen molar-refractivity contribution in [2.45, 2.75) is 0 Å². The largest absolute Gasteiger partial charge is 0.287 e. The number of thiazole rings is 1. The fourth-order valence-electron chi connectivity index (χ4n) is 2.25. The Balaban J connectivity index is 2.14. The molecule has 0 spiro atoms. The van der Waals surface area contributed by atoms with E-state index in [1.165, 1.54) is 29.4 Å². The van der Waals surface area contributed by atoms with E-state index in [9.17, 15) is 13.6 Å². The van der Waals surface area contributed by atoms with Crippen LogP contribution in [-0.2, 0) is 0 Å². The van der Waals surface area contributed by atoms with Gasteiger partial charge in [0.25, 0.3) is 5.91 Å². The summed E-state index contributed by atoms with van der Waals surface area (Å²) in [4.78, 5) is 17.9. The number of benzene rings is 2. The minimum absolute atomic E-state index is 0.297. The monoisotopic (exact) mass is 330 g/mol. The molecule has 0 fully saturated rings. The summed E-state index contributed by atoms with van der Waals surface area (Å²) in [5, 5.41) is 2.12. The number of rotatable bonds is 3. The van der Waals surface area contributed by atoms with Crippen LogP contribution in [0.15, 0.2) is 54.0 Å². The van der Waals surface area contributed by atoms with Crippen LogP contribution in [0.2, 0.25) is 0 Å². The number of hydrogen-bond donors (Lipinski definition) is 0. The highest BCUT2D eigenvalue weighted by Gasteiger charge is 2.25. The lowest BCUT2D eigenvalue weighted by Gasteiger charge is -2.17. The number of halogens is 2. The summed E-state index contributed by atoms with van der Waals surface area (Å²) in [6.07, 6.45) is 1.55. The van der Waals surface area contributed by atoms with Gasteiger partial charge >= 0.3 is 0 Å². The van der Waals surface area contributed by atoms with Gasteiger partial charge in [0.05, 0.1) is 5.56 Å². The molecular formula is C17H12F2N2OS. The molecule has 2 aromatic carbocycles. The van der Waals surface area contributed by atoms with E-state index in [0.29, 0.717) is 16.3 Å². The molecule has 0 saturated heterocycles. The van der Waals surface area contributed by atoms with Gasteiger partial charge in [0, 0.05) is 18.6 Å². The number of aromatic nitrogens is 1. The lowest BCUT2D eigenvalue weighted by Crippen LogP contribution is -2.28. The van der Waals surface area contributed by atoms with Crippen molar-refractivity contribution in [2.24, 2.45) is 0 Å². The average Bonchev–Trinajstić information content (AvgIpc) is 3.11. The molecular weight excluding hydrogens is 318 g/mol. The smallest absolute Gasteiger partial charge is 0.263 e. The zero-order chi connectivity index (χ0) is 16.4. The van der Waals surface area contributed by atoms with E-state index in [0.717, 1.165) is 6.07 Å². The van der Waals surface area contributed by atoms with Gasteiger partial charge in [-0.05, 0) is 17.2 Å². The van der Waals surface area contributed by atoms with Crippen molar-refractivity contribution in [1.82, 2.24) is 4.98 Å². The molecule has 116 valence electrons. The standard InChI is InChI=1S/C17H12F2N2OS/c1-21(17-20-9-10-23-17)16(22)14-12(7-8-13(18)15(14)19)11-5-3-2-4-6-11/h2-10H,1H3. The van der Waals surface area contributed by atoms with E-state index in [4.69, 9.17) is 0 Å². The Morgan fingerprint density at radius 1 is 1.13 bits per heavy atom. The molecule has 0 atom stereocenters. The van der Waals surface area contributed by atoms with E-state index in [1.807, 2.05) is 6.07 Å². The van der Waals surface area contributed by atoms with Gasteiger partial charge in [0.15, 0.2) is 16.8 Å². The van der Waals surface area contributed by atoms with Crippen molar-refractivity contribution in [2.75, 3.05) is 11.9 Å². The molecule has 0 saturated carbocycles. The molecule has 23 heavy (non-hydrogen) atoms. The highest BCUT2D eigenvalue weighted by Crippen LogP contribution is 2.29. The molecule has 0 N–H and O–H groups in total. The predicted octanol–water partition coefficient (Wildman–Crippen LogP) is 4.36. The molecule has 3 aromatic rings. The Hall–Kier alpha value is -2.60. The first-order valence-electron chi connectivity index (χ1n) is 6.80. The van der Waals surface area contributed by atoms with Crippen LogP contribution < -0.4 is 4.90 Å². The van der Waals surface area contributed by atoms with E-state index in [2.05, 4.69) is 4.98 Å². The number of carbonyl (C=O) groups excluding carboxylic acids is 1. The van der Waals surface area contributed by atoms with Crippen molar-refractivity contribution < 1.29 is 13.6 Å². The number of amides is 1. The topological polar surface area (TPSA) is 33.2 Å². The molecule has 0 unspecified atom stereocenters. The fourth-order valence-corrected chi connectivity index (χ4v) is 2.86. The second-order valence-corrected chi connectivity index (χ2v) is 5.70. The van der Waals surface area contributed by atoms with Gasteiger partial charge in [0.1, 0.15) is 0 Å². The maximum Gasteiger partial charge on any atom is 0.263 e. The van der Waals surface area contributed by atoms with Gasteiger partial charge in [-0.15, -0.1) is 11.3 Å². The Labute approximate surface area is 135 Å². The van der Waals surface area contributed by atoms with E-state index < -0.39 is 17.5 Å². The highest BCUT2D eigenvalue weighted by molar-refractivity contribution is 7.13. The van der Waals surface area contributed by atoms with Crippen LogP contribution in [0.5, 0.6) is 0 Å². The molecule has 3 nitrogen and oxygen atoms in total. The highest BCUT2D eigenvalue weighted by atomic mass is 32.1. The first-order valence-corrected chi connectivity index (χ1v) is 7.68. The van der Waals surface area contributed by atoms with Crippen LogP contribution in [0.25, 0.3) is 11.1 Å². The molecule has 1 amide bonds. The average molecular weight is 330 g/mol. The fraction of sp³-hybridized carbons (Fsp3) is 0.0588. The number of nitrogens with zero attached hydrogens (tertiary/aromatic N) is 2. The SMILES string of the molecule is CN(C(=O)c1c(-c2ccccc2)ccc(F)c1F)c1nccs1. The third kappa shape index (κ3) is 2.85. The Kier molecular flexibility index (Phi) is 4.16. The molecule has 6 heteroatoms. The third-order valence-corrected chi connectivity index (χ3v) is 4.25. The summed E-state index contributed by atoms with van der Waals surface area (Å²) in [5.74, 6) is -2.85. The van der Waals surface area contributed by atoms with Crippen LogP contribution in [0, 0.1) is 11.6 Å². The Morgan fingerprint density at radius 3 is 2.52 bits per heavy atom. The first kappa shape index (κ1) is 15.3. The maximum atomic E-state index is 14.4. The lowest BCUT2D eigenvalue weighted by molar-refractivity contribution is 0.0989. The summed E-state index contributed by atoms with van der Waals surface area (Å²) in [7, 11) is 1.49. The van der Waals surface area contributed by atoms with E-state index in [-0.39, 0.29) is 5.56 Å². The number of hydrogen-bond acceptors (Lipinski definition) is 3. The predicted molar refractivity (Wildman–Crippen MR) is 86.6 cm³/mol. The lowest BCUT2D eigenvalue weighted by atomic mass is 9.98. The minimum Gasteiger partial charge on any atom is -0.287 e. The van der Waals surface area contributed by atoms with Gasteiger partial charge < -0.3 is 0 Å². The molecule has 0 aliphatic carbocycles. The summed E-state index contributed by atoms with van der Waals surface area (Å²) in [5.41, 5.74) is 0.689. The normalized spacial score (nSPS) is 10.6. The molecule has 3 rings (SSSR count). The second-order valence-electron chi connectivity index (χ2n) is 4.83. The van der Waals surface area contributed by atoms with Crippen molar-refractivity contribution >= 4 is 22.4 Å². The molecule has 0 radical (unpaired) electrons. The van der Waals surface area contributed by atoms with Gasteiger partial charge in [-0.3, -0.25) is 9.69 Å². The van der Waals surface area contributed by atoms with Crippen LogP contribution >= 0.6 is 11.3 Å². The number of anilines is 1. The summed E-state index contributed by atoms with van der Waals surface area (Å²) in [6.45, 7) is 0. The Morgan fingerprint density at radius 2 is 1.87 bits per heavy atom. The molecule has 0 aliphatic heterocycles. The summed E-state index contributed by atoms with van der Waals surface area (Å²) >= 11 is 1.24. The molecule has 1 aromatic heterocycles. The van der Waals surface area contributed by atoms with Crippen LogP contribution in [-0.4, -0.2) is 17.9 Å². The summed E-state index contributed by atoms with van der Waals surface area (Å²) < 4.78 is 28.0. The van der Waals surface area contributed by atoms with Gasteiger partial charge in [-0.1, -0.05) is 36.4 Å².